The Morgan fingerprint density at radius 2 is 2.03 bits per heavy atom. The highest BCUT2D eigenvalue weighted by atomic mass is 19.1. The zero-order valence-corrected chi connectivity index (χ0v) is 17.2. The summed E-state index contributed by atoms with van der Waals surface area (Å²) in [6.07, 6.45) is 3.86. The number of ether oxygens (including phenoxy) is 1. The lowest BCUT2D eigenvalue weighted by molar-refractivity contribution is -0.0299. The molecule has 2 aliphatic carbocycles. The number of aromatic nitrogens is 1. The molecule has 9 heteroatoms. The van der Waals surface area contributed by atoms with Gasteiger partial charge in [0.15, 0.2) is 11.6 Å². The third-order valence-corrected chi connectivity index (χ3v) is 6.87. The van der Waals surface area contributed by atoms with Crippen molar-refractivity contribution in [3.63, 3.8) is 0 Å². The van der Waals surface area contributed by atoms with Gasteiger partial charge in [0.1, 0.15) is 11.3 Å². The van der Waals surface area contributed by atoms with Gasteiger partial charge < -0.3 is 29.5 Å². The predicted molar refractivity (Wildman–Crippen MR) is 110 cm³/mol. The molecule has 166 valence electrons. The highest BCUT2D eigenvalue weighted by Crippen LogP contribution is 2.47. The lowest BCUT2D eigenvalue weighted by Gasteiger charge is -2.26. The topological polar surface area (TPSA) is 112 Å². The van der Waals surface area contributed by atoms with E-state index in [-0.39, 0.29) is 28.8 Å². The Kier molecular flexibility index (Phi) is 4.53. The van der Waals surface area contributed by atoms with Crippen molar-refractivity contribution in [3.8, 4) is 5.75 Å². The molecule has 1 aromatic carbocycles. The van der Waals surface area contributed by atoms with Gasteiger partial charge in [-0.2, -0.15) is 0 Å². The van der Waals surface area contributed by atoms with Crippen molar-refractivity contribution < 1.29 is 29.2 Å². The summed E-state index contributed by atoms with van der Waals surface area (Å²) in [4.78, 5) is 26.1. The standard InChI is InChI=1S/C22H25FN2O6/c1-31-19-16-13(18(26)14(21(28)29)10-25(16)12-2-3-12)8-15(23)17(19)24-7-4-11(9-24)20(27)22(30)5-6-22/h8,10-12,20,27,30H,2-7,9H2,1H3,(H,28,29). The van der Waals surface area contributed by atoms with Crippen molar-refractivity contribution in [2.75, 3.05) is 25.1 Å². The van der Waals surface area contributed by atoms with E-state index in [1.54, 1.807) is 9.47 Å². The zero-order valence-electron chi connectivity index (χ0n) is 17.2. The van der Waals surface area contributed by atoms with Crippen LogP contribution in [-0.4, -0.2) is 57.8 Å². The third kappa shape index (κ3) is 3.18. The van der Waals surface area contributed by atoms with E-state index in [0.29, 0.717) is 37.9 Å². The summed E-state index contributed by atoms with van der Waals surface area (Å²) in [5.74, 6) is -2.03. The van der Waals surface area contributed by atoms with Gasteiger partial charge in [-0.1, -0.05) is 0 Å². The van der Waals surface area contributed by atoms with E-state index in [0.717, 1.165) is 18.9 Å². The molecular weight excluding hydrogens is 407 g/mol. The van der Waals surface area contributed by atoms with Gasteiger partial charge in [0.2, 0.25) is 5.43 Å². The molecule has 1 aromatic heterocycles. The first kappa shape index (κ1) is 20.3. The van der Waals surface area contributed by atoms with Crippen LogP contribution in [-0.2, 0) is 0 Å². The average molecular weight is 432 g/mol. The Hall–Kier alpha value is -2.65. The monoisotopic (exact) mass is 432 g/mol. The summed E-state index contributed by atoms with van der Waals surface area (Å²) in [5, 5.41) is 30.2. The molecule has 3 aliphatic rings. The van der Waals surface area contributed by atoms with Crippen molar-refractivity contribution >= 4 is 22.6 Å². The Morgan fingerprint density at radius 1 is 1.32 bits per heavy atom. The summed E-state index contributed by atoms with van der Waals surface area (Å²) in [5.41, 5.74) is -1.58. The summed E-state index contributed by atoms with van der Waals surface area (Å²) in [6, 6.07) is 1.13. The number of aromatic carboxylic acids is 1. The van der Waals surface area contributed by atoms with Crippen LogP contribution in [0.25, 0.3) is 10.9 Å². The molecule has 5 rings (SSSR count). The average Bonchev–Trinajstić information content (AvgIpc) is 3.66. The number of carbonyl (C=O) groups is 1. The van der Waals surface area contributed by atoms with E-state index < -0.39 is 34.5 Å². The number of benzene rings is 1. The number of halogens is 1. The first-order valence-electron chi connectivity index (χ1n) is 10.6. The van der Waals surface area contributed by atoms with E-state index in [4.69, 9.17) is 4.74 Å². The molecule has 2 unspecified atom stereocenters. The molecular formula is C22H25FN2O6. The van der Waals surface area contributed by atoms with Gasteiger partial charge in [-0.25, -0.2) is 9.18 Å². The fourth-order valence-corrected chi connectivity index (χ4v) is 4.83. The molecule has 1 aliphatic heterocycles. The number of carboxylic acids is 1. The number of aliphatic hydroxyl groups excluding tert-OH is 1. The third-order valence-electron chi connectivity index (χ3n) is 6.87. The van der Waals surface area contributed by atoms with Crippen LogP contribution in [0.3, 0.4) is 0 Å². The quantitative estimate of drug-likeness (QED) is 0.639. The Bertz CT molecular complexity index is 1140. The van der Waals surface area contributed by atoms with Gasteiger partial charge in [0.05, 0.1) is 29.7 Å². The Labute approximate surface area is 177 Å². The number of aliphatic hydroxyl groups is 2. The van der Waals surface area contributed by atoms with Crippen LogP contribution < -0.4 is 15.1 Å². The minimum absolute atomic E-state index is 0.0204. The van der Waals surface area contributed by atoms with Gasteiger partial charge >= 0.3 is 5.97 Å². The summed E-state index contributed by atoms with van der Waals surface area (Å²) in [7, 11) is 1.40. The van der Waals surface area contributed by atoms with Crippen molar-refractivity contribution in [2.24, 2.45) is 5.92 Å². The van der Waals surface area contributed by atoms with Crippen molar-refractivity contribution in [1.29, 1.82) is 0 Å². The number of hydrogen-bond donors (Lipinski definition) is 3. The van der Waals surface area contributed by atoms with Crippen molar-refractivity contribution in [3.05, 3.63) is 33.9 Å². The fraction of sp³-hybridized carbons (Fsp3) is 0.545. The number of anilines is 1. The number of rotatable bonds is 6. The van der Waals surface area contributed by atoms with Gasteiger partial charge in [-0.05, 0) is 38.2 Å². The van der Waals surface area contributed by atoms with Gasteiger partial charge in [0, 0.05) is 31.2 Å². The maximum atomic E-state index is 15.3. The van der Waals surface area contributed by atoms with Crippen LogP contribution in [0.5, 0.6) is 5.75 Å². The molecule has 2 atom stereocenters. The molecule has 2 aromatic rings. The highest BCUT2D eigenvalue weighted by molar-refractivity contribution is 5.97. The minimum Gasteiger partial charge on any atom is -0.492 e. The number of fused-ring (bicyclic) bond motifs is 1. The SMILES string of the molecule is COc1c(N2CCC(C(O)C3(O)CC3)C2)c(F)cc2c(=O)c(C(=O)O)cn(C3CC3)c12. The molecule has 8 nitrogen and oxygen atoms in total. The number of hydrogen-bond acceptors (Lipinski definition) is 6. The molecule has 3 N–H and O–H groups in total. The van der Waals surface area contributed by atoms with E-state index in [1.165, 1.54) is 13.3 Å². The van der Waals surface area contributed by atoms with Crippen LogP contribution in [0.1, 0.15) is 48.5 Å². The van der Waals surface area contributed by atoms with Crippen LogP contribution in [0.15, 0.2) is 17.1 Å². The van der Waals surface area contributed by atoms with Gasteiger partial charge in [-0.15, -0.1) is 0 Å². The molecule has 2 heterocycles. The number of carboxylic acid groups (broad SMARTS) is 1. The molecule has 3 fully saturated rings. The lowest BCUT2D eigenvalue weighted by Crippen LogP contribution is -2.37. The molecule has 0 amide bonds. The molecule has 1 saturated heterocycles. The van der Waals surface area contributed by atoms with Crippen LogP contribution in [0, 0.1) is 11.7 Å². The molecule has 0 bridgehead atoms. The van der Waals surface area contributed by atoms with Crippen molar-refractivity contribution in [1.82, 2.24) is 4.57 Å². The Morgan fingerprint density at radius 3 is 2.61 bits per heavy atom. The smallest absolute Gasteiger partial charge is 0.341 e. The van der Waals surface area contributed by atoms with Gasteiger partial charge in [-0.3, -0.25) is 4.79 Å². The number of pyridine rings is 1. The molecule has 0 spiro atoms. The first-order chi connectivity index (χ1) is 14.7. The van der Waals surface area contributed by atoms with Crippen LogP contribution >= 0.6 is 0 Å². The normalized spacial score (nSPS) is 23.2. The van der Waals surface area contributed by atoms with E-state index in [1.807, 2.05) is 0 Å². The van der Waals surface area contributed by atoms with Crippen LogP contribution in [0.4, 0.5) is 10.1 Å². The van der Waals surface area contributed by atoms with E-state index in [9.17, 15) is 24.9 Å². The fourth-order valence-electron chi connectivity index (χ4n) is 4.83. The minimum atomic E-state index is -1.35. The van der Waals surface area contributed by atoms with Crippen molar-refractivity contribution in [2.45, 2.75) is 49.9 Å². The molecule has 2 saturated carbocycles. The summed E-state index contributed by atoms with van der Waals surface area (Å²) in [6.45, 7) is 0.820. The van der Waals surface area contributed by atoms with Gasteiger partial charge in [0.25, 0.3) is 0 Å². The highest BCUT2D eigenvalue weighted by Gasteiger charge is 2.51. The maximum absolute atomic E-state index is 15.3. The lowest BCUT2D eigenvalue weighted by atomic mass is 9.95. The second kappa shape index (κ2) is 6.93. The summed E-state index contributed by atoms with van der Waals surface area (Å²) < 4.78 is 22.6. The van der Waals surface area contributed by atoms with E-state index >= 15 is 4.39 Å². The number of methoxy groups -OCH3 is 1. The first-order valence-corrected chi connectivity index (χ1v) is 10.6. The number of nitrogens with zero attached hydrogens (tertiary/aromatic N) is 2. The zero-order chi connectivity index (χ0) is 22.1. The van der Waals surface area contributed by atoms with Crippen LogP contribution in [0.2, 0.25) is 0 Å². The molecule has 0 radical (unpaired) electrons. The second-order valence-corrected chi connectivity index (χ2v) is 9.00. The Balaban J connectivity index is 1.64. The summed E-state index contributed by atoms with van der Waals surface area (Å²) >= 11 is 0. The predicted octanol–water partition coefficient (Wildman–Crippen LogP) is 1.89. The maximum Gasteiger partial charge on any atom is 0.341 e. The second-order valence-electron chi connectivity index (χ2n) is 9.00. The molecule has 31 heavy (non-hydrogen) atoms. The van der Waals surface area contributed by atoms with E-state index in [2.05, 4.69) is 0 Å². The largest absolute Gasteiger partial charge is 0.492 e.